The summed E-state index contributed by atoms with van der Waals surface area (Å²) in [6.45, 7) is 9.89. The molecule has 5 nitrogen and oxygen atoms in total. The average molecular weight is 542 g/mol. The summed E-state index contributed by atoms with van der Waals surface area (Å²) in [4.78, 5) is 18.0. The number of hydrogen-bond donors (Lipinski definition) is 1. The van der Waals surface area contributed by atoms with Crippen LogP contribution in [-0.2, 0) is 19.3 Å². The minimum absolute atomic E-state index is 0.197. The van der Waals surface area contributed by atoms with E-state index in [4.69, 9.17) is 0 Å². The van der Waals surface area contributed by atoms with E-state index in [0.717, 1.165) is 12.3 Å². The van der Waals surface area contributed by atoms with Gasteiger partial charge in [0.2, 0.25) is 0 Å². The van der Waals surface area contributed by atoms with Crippen LogP contribution in [-0.4, -0.2) is 26.7 Å². The van der Waals surface area contributed by atoms with E-state index in [0.29, 0.717) is 17.1 Å². The van der Waals surface area contributed by atoms with Crippen LogP contribution in [0.15, 0.2) is 84.1 Å². The second-order valence-corrected chi connectivity index (χ2v) is 11.2. The van der Waals surface area contributed by atoms with Crippen LogP contribution < -0.4 is 4.90 Å². The first-order chi connectivity index (χ1) is 18.8. The Labute approximate surface area is 236 Å². The maximum atomic E-state index is 11.3. The number of carbonyl (C=O) groups is 1. The fourth-order valence-corrected chi connectivity index (χ4v) is 5.89. The van der Waals surface area contributed by atoms with Gasteiger partial charge in [-0.05, 0) is 78.6 Å². The Balaban J connectivity index is 1.44. The quantitative estimate of drug-likeness (QED) is 0.183. The van der Waals surface area contributed by atoms with E-state index in [1.165, 1.54) is 64.3 Å². The molecule has 204 valence electrons. The van der Waals surface area contributed by atoms with Crippen molar-refractivity contribution in [2.24, 2.45) is 7.05 Å². The Morgan fingerprint density at radius 1 is 0.949 bits per heavy atom. The van der Waals surface area contributed by atoms with Gasteiger partial charge in [-0.2, -0.15) is 0 Å². The van der Waals surface area contributed by atoms with Gasteiger partial charge < -0.3 is 14.6 Å². The monoisotopic (exact) mass is 541 g/mol. The second kappa shape index (κ2) is 13.0. The van der Waals surface area contributed by atoms with Crippen LogP contribution in [0.3, 0.4) is 0 Å². The summed E-state index contributed by atoms with van der Waals surface area (Å²) in [6.07, 6.45) is 3.76. The van der Waals surface area contributed by atoms with Crippen LogP contribution in [0.25, 0.3) is 11.1 Å². The Hall–Kier alpha value is -3.51. The zero-order valence-electron chi connectivity index (χ0n) is 23.6. The van der Waals surface area contributed by atoms with E-state index in [-0.39, 0.29) is 5.69 Å². The third-order valence-electron chi connectivity index (χ3n) is 7.40. The molecule has 3 aromatic carbocycles. The summed E-state index contributed by atoms with van der Waals surface area (Å²) in [6, 6.07) is 27.0. The Bertz CT molecular complexity index is 1370. The van der Waals surface area contributed by atoms with Gasteiger partial charge in [-0.15, -0.1) is 0 Å². The molecule has 1 N–H and O–H groups in total. The Morgan fingerprint density at radius 2 is 1.64 bits per heavy atom. The molecular formula is C33H39N3O2S. The predicted octanol–water partition coefficient (Wildman–Crippen LogP) is 8.40. The number of anilines is 1. The molecule has 6 heteroatoms. The fourth-order valence-electron chi connectivity index (χ4n) is 4.98. The molecule has 0 saturated heterocycles. The Kier molecular flexibility index (Phi) is 9.52. The van der Waals surface area contributed by atoms with Gasteiger partial charge in [0.15, 0.2) is 5.16 Å². The molecule has 4 rings (SSSR count). The van der Waals surface area contributed by atoms with Crippen LogP contribution in [0.4, 0.5) is 5.69 Å². The van der Waals surface area contributed by atoms with E-state index in [1.54, 1.807) is 11.6 Å². The largest absolute Gasteiger partial charge is 0.477 e. The maximum absolute atomic E-state index is 11.3. The van der Waals surface area contributed by atoms with Gasteiger partial charge in [0.1, 0.15) is 5.69 Å². The van der Waals surface area contributed by atoms with Crippen molar-refractivity contribution in [3.63, 3.8) is 0 Å². The van der Waals surface area contributed by atoms with Crippen molar-refractivity contribution >= 4 is 23.4 Å². The number of nitrogens with zero attached hydrogens (tertiary/aromatic N) is 3. The van der Waals surface area contributed by atoms with Crippen molar-refractivity contribution in [1.82, 2.24) is 9.55 Å². The van der Waals surface area contributed by atoms with E-state index in [2.05, 4.69) is 110 Å². The minimum Gasteiger partial charge on any atom is -0.477 e. The van der Waals surface area contributed by atoms with Crippen molar-refractivity contribution < 1.29 is 9.90 Å². The van der Waals surface area contributed by atoms with E-state index < -0.39 is 5.97 Å². The van der Waals surface area contributed by atoms with E-state index in [9.17, 15) is 9.90 Å². The maximum Gasteiger partial charge on any atom is 0.354 e. The molecule has 0 spiro atoms. The Morgan fingerprint density at radius 3 is 2.23 bits per heavy atom. The molecule has 0 fully saturated rings. The standard InChI is InChI=1S/C33H39N3O2S/c1-6-26(7-2)27-15-17-30(18-16-27)36(23(3)4)21-25-9-8-10-29(19-25)28-13-11-24(12-14-28)22-39-33-34-20-31(32(37)38)35(33)5/h8-20,23,26H,6-7,21-22H2,1-5H3,(H,37,38). The molecule has 0 unspecified atom stereocenters. The van der Waals surface area contributed by atoms with E-state index >= 15 is 0 Å². The van der Waals surface area contributed by atoms with Crippen LogP contribution >= 0.6 is 11.8 Å². The SMILES string of the molecule is CCC(CC)c1ccc(N(Cc2cccc(-c3ccc(CSc4ncc(C(=O)O)n4C)cc3)c2)C(C)C)cc1. The number of thioether (sulfide) groups is 1. The molecule has 0 bridgehead atoms. The summed E-state index contributed by atoms with van der Waals surface area (Å²) < 4.78 is 1.62. The highest BCUT2D eigenvalue weighted by molar-refractivity contribution is 7.98. The summed E-state index contributed by atoms with van der Waals surface area (Å²) in [7, 11) is 1.73. The van der Waals surface area contributed by atoms with Gasteiger partial charge in [0, 0.05) is 31.1 Å². The molecule has 39 heavy (non-hydrogen) atoms. The number of aromatic nitrogens is 2. The van der Waals surface area contributed by atoms with Gasteiger partial charge in [-0.25, -0.2) is 9.78 Å². The number of imidazole rings is 1. The molecule has 0 radical (unpaired) electrons. The number of carboxylic acid groups (broad SMARTS) is 1. The lowest BCUT2D eigenvalue weighted by Gasteiger charge is -2.30. The van der Waals surface area contributed by atoms with Gasteiger partial charge >= 0.3 is 5.97 Å². The van der Waals surface area contributed by atoms with Gasteiger partial charge in [-0.1, -0.05) is 80.2 Å². The average Bonchev–Trinajstić information content (AvgIpc) is 3.32. The number of rotatable bonds is 12. The van der Waals surface area contributed by atoms with Crippen molar-refractivity contribution in [1.29, 1.82) is 0 Å². The molecule has 0 aliphatic rings. The first-order valence-electron chi connectivity index (χ1n) is 13.7. The van der Waals surface area contributed by atoms with Crippen LogP contribution in [0.2, 0.25) is 0 Å². The molecular weight excluding hydrogens is 502 g/mol. The third-order valence-corrected chi connectivity index (χ3v) is 8.52. The van der Waals surface area contributed by atoms with Crippen molar-refractivity contribution in [3.8, 4) is 11.1 Å². The normalized spacial score (nSPS) is 11.4. The van der Waals surface area contributed by atoms with Crippen LogP contribution in [0, 0.1) is 0 Å². The van der Waals surface area contributed by atoms with Crippen LogP contribution in [0.5, 0.6) is 0 Å². The van der Waals surface area contributed by atoms with E-state index in [1.807, 2.05) is 0 Å². The molecule has 0 aliphatic carbocycles. The van der Waals surface area contributed by atoms with Gasteiger partial charge in [0.25, 0.3) is 0 Å². The van der Waals surface area contributed by atoms with Gasteiger partial charge in [0.05, 0.1) is 6.20 Å². The number of benzene rings is 3. The zero-order valence-corrected chi connectivity index (χ0v) is 24.4. The third kappa shape index (κ3) is 6.93. The van der Waals surface area contributed by atoms with Crippen molar-refractivity contribution in [2.45, 2.75) is 70.0 Å². The molecule has 0 atom stereocenters. The zero-order chi connectivity index (χ0) is 27.9. The molecule has 0 aliphatic heterocycles. The molecule has 1 aromatic heterocycles. The smallest absolute Gasteiger partial charge is 0.354 e. The highest BCUT2D eigenvalue weighted by Crippen LogP contribution is 2.29. The topological polar surface area (TPSA) is 58.4 Å². The first kappa shape index (κ1) is 28.5. The highest BCUT2D eigenvalue weighted by atomic mass is 32.2. The molecule has 0 saturated carbocycles. The predicted molar refractivity (Wildman–Crippen MR) is 163 cm³/mol. The summed E-state index contributed by atoms with van der Waals surface area (Å²) in [5.74, 6) is 0.395. The first-order valence-corrected chi connectivity index (χ1v) is 14.7. The molecule has 4 aromatic rings. The minimum atomic E-state index is -0.963. The number of aromatic carboxylic acids is 1. The number of carboxylic acids is 1. The molecule has 0 amide bonds. The lowest BCUT2D eigenvalue weighted by molar-refractivity contribution is 0.0685. The van der Waals surface area contributed by atoms with Crippen LogP contribution in [0.1, 0.15) is 73.6 Å². The number of hydrogen-bond acceptors (Lipinski definition) is 4. The van der Waals surface area contributed by atoms with Crippen molar-refractivity contribution in [3.05, 3.63) is 101 Å². The summed E-state index contributed by atoms with van der Waals surface area (Å²) in [5.41, 5.74) is 7.73. The van der Waals surface area contributed by atoms with Gasteiger partial charge in [-0.3, -0.25) is 0 Å². The highest BCUT2D eigenvalue weighted by Gasteiger charge is 2.15. The lowest BCUT2D eigenvalue weighted by Crippen LogP contribution is -2.30. The fraction of sp³-hybridized carbons (Fsp3) is 0.333. The molecule has 1 heterocycles. The lowest BCUT2D eigenvalue weighted by atomic mass is 9.94. The summed E-state index contributed by atoms with van der Waals surface area (Å²) >= 11 is 1.54. The van der Waals surface area contributed by atoms with Crippen molar-refractivity contribution in [2.75, 3.05) is 4.90 Å². The second-order valence-electron chi connectivity index (χ2n) is 10.3. The summed E-state index contributed by atoms with van der Waals surface area (Å²) in [5, 5.41) is 9.93.